The van der Waals surface area contributed by atoms with Crippen molar-refractivity contribution in [2.75, 3.05) is 5.32 Å². The second-order valence-electron chi connectivity index (χ2n) is 5.52. The summed E-state index contributed by atoms with van der Waals surface area (Å²) in [5.41, 5.74) is 8.21. The summed E-state index contributed by atoms with van der Waals surface area (Å²) in [5.74, 6) is -0.192. The minimum Gasteiger partial charge on any atom is -0.481 e. The zero-order valence-corrected chi connectivity index (χ0v) is 13.4. The second-order valence-corrected chi connectivity index (χ2v) is 5.52. The van der Waals surface area contributed by atoms with Crippen LogP contribution >= 0.6 is 0 Å². The molecule has 2 amide bonds. The maximum absolute atomic E-state index is 12.2. The summed E-state index contributed by atoms with van der Waals surface area (Å²) >= 11 is 0. The average Bonchev–Trinajstić information content (AvgIpc) is 2.46. The Hall–Kier alpha value is -2.82. The Morgan fingerprint density at radius 3 is 2.35 bits per heavy atom. The maximum Gasteiger partial charge on any atom is 0.265 e. The van der Waals surface area contributed by atoms with Crippen molar-refractivity contribution in [1.29, 1.82) is 0 Å². The molecule has 0 heterocycles. The summed E-state index contributed by atoms with van der Waals surface area (Å²) in [7, 11) is 0. The fraction of sp³-hybridized carbons (Fsp3) is 0.222. The molecule has 0 aliphatic heterocycles. The first-order valence-electron chi connectivity index (χ1n) is 7.31. The van der Waals surface area contributed by atoms with E-state index in [0.29, 0.717) is 17.0 Å². The van der Waals surface area contributed by atoms with Crippen molar-refractivity contribution in [3.8, 4) is 5.75 Å². The highest BCUT2D eigenvalue weighted by Crippen LogP contribution is 2.18. The third-order valence-corrected chi connectivity index (χ3v) is 3.29. The molecule has 0 fully saturated rings. The Labute approximate surface area is 135 Å². The lowest BCUT2D eigenvalue weighted by atomic mass is 10.1. The second kappa shape index (κ2) is 6.96. The first kappa shape index (κ1) is 16.5. The molecule has 120 valence electrons. The van der Waals surface area contributed by atoms with Crippen LogP contribution in [0.1, 0.15) is 28.4 Å². The van der Waals surface area contributed by atoms with Crippen LogP contribution in [0.4, 0.5) is 5.69 Å². The maximum atomic E-state index is 12.2. The number of aryl methyl sites for hydroxylation is 2. The van der Waals surface area contributed by atoms with Gasteiger partial charge in [0.2, 0.25) is 5.91 Å². The summed E-state index contributed by atoms with van der Waals surface area (Å²) in [6.07, 6.45) is -0.673. The highest BCUT2D eigenvalue weighted by molar-refractivity contribution is 5.97. The number of anilines is 1. The van der Waals surface area contributed by atoms with Gasteiger partial charge >= 0.3 is 0 Å². The number of rotatable bonds is 5. The molecule has 1 atom stereocenters. The smallest absolute Gasteiger partial charge is 0.265 e. The molecule has 5 nitrogen and oxygen atoms in total. The molecule has 23 heavy (non-hydrogen) atoms. The van der Waals surface area contributed by atoms with Crippen LogP contribution in [0, 0.1) is 13.8 Å². The van der Waals surface area contributed by atoms with Crippen molar-refractivity contribution in [1.82, 2.24) is 0 Å². The van der Waals surface area contributed by atoms with E-state index in [-0.39, 0.29) is 5.91 Å². The van der Waals surface area contributed by atoms with Crippen molar-refractivity contribution in [3.63, 3.8) is 0 Å². The van der Waals surface area contributed by atoms with E-state index in [4.69, 9.17) is 10.5 Å². The Kier molecular flexibility index (Phi) is 5.01. The number of carbonyl (C=O) groups excluding carboxylic acids is 2. The minimum absolute atomic E-state index is 0.300. The van der Waals surface area contributed by atoms with Crippen molar-refractivity contribution < 1.29 is 14.3 Å². The lowest BCUT2D eigenvalue weighted by molar-refractivity contribution is -0.122. The van der Waals surface area contributed by atoms with Gasteiger partial charge in [-0.05, 0) is 62.2 Å². The molecule has 0 radical (unpaired) electrons. The molecule has 2 aromatic rings. The predicted octanol–water partition coefficient (Wildman–Crippen LogP) is 2.81. The number of nitrogens with one attached hydrogen (secondary N) is 1. The van der Waals surface area contributed by atoms with E-state index in [2.05, 4.69) is 5.32 Å². The molecule has 0 saturated carbocycles. The van der Waals surface area contributed by atoms with Gasteiger partial charge in [0.05, 0.1) is 0 Å². The highest BCUT2D eigenvalue weighted by atomic mass is 16.5. The number of benzene rings is 2. The van der Waals surface area contributed by atoms with Crippen LogP contribution in [0.25, 0.3) is 0 Å². The fourth-order valence-electron chi connectivity index (χ4n) is 2.25. The van der Waals surface area contributed by atoms with E-state index < -0.39 is 12.0 Å². The van der Waals surface area contributed by atoms with Gasteiger partial charge in [-0.2, -0.15) is 0 Å². The number of hydrogen-bond donors (Lipinski definition) is 2. The van der Waals surface area contributed by atoms with E-state index in [9.17, 15) is 9.59 Å². The van der Waals surface area contributed by atoms with E-state index in [1.165, 1.54) is 6.07 Å². The van der Waals surface area contributed by atoms with E-state index in [1.807, 2.05) is 32.0 Å². The molecule has 0 bridgehead atoms. The molecule has 2 rings (SSSR count). The molecule has 0 saturated heterocycles. The van der Waals surface area contributed by atoms with E-state index in [0.717, 1.165) is 11.1 Å². The summed E-state index contributed by atoms with van der Waals surface area (Å²) < 4.78 is 5.68. The normalized spacial score (nSPS) is 11.6. The van der Waals surface area contributed by atoms with Gasteiger partial charge in [0.15, 0.2) is 6.10 Å². The summed E-state index contributed by atoms with van der Waals surface area (Å²) in [5, 5.41) is 2.71. The Balaban J connectivity index is 2.05. The van der Waals surface area contributed by atoms with Crippen LogP contribution < -0.4 is 15.8 Å². The minimum atomic E-state index is -0.673. The third kappa shape index (κ3) is 4.57. The zero-order chi connectivity index (χ0) is 17.0. The van der Waals surface area contributed by atoms with Crippen LogP contribution in [0.5, 0.6) is 5.75 Å². The number of carbonyl (C=O) groups is 2. The first-order chi connectivity index (χ1) is 10.8. The largest absolute Gasteiger partial charge is 0.481 e. The zero-order valence-electron chi connectivity index (χ0n) is 13.4. The van der Waals surface area contributed by atoms with Crippen molar-refractivity contribution in [2.24, 2.45) is 5.73 Å². The van der Waals surface area contributed by atoms with Gasteiger partial charge in [-0.15, -0.1) is 0 Å². The molecular formula is C18H20N2O3. The quantitative estimate of drug-likeness (QED) is 0.890. The predicted molar refractivity (Wildman–Crippen MR) is 89.6 cm³/mol. The number of nitrogens with two attached hydrogens (primary N) is 1. The van der Waals surface area contributed by atoms with Gasteiger partial charge < -0.3 is 15.8 Å². The summed E-state index contributed by atoms with van der Waals surface area (Å²) in [6, 6.07) is 12.3. The van der Waals surface area contributed by atoms with Crippen LogP contribution in [0.2, 0.25) is 0 Å². The standard InChI is InChI=1S/C18H20N2O3/c1-11-7-12(2)9-16(8-11)23-13(3)18(22)20-15-6-4-5-14(10-15)17(19)21/h4-10,13H,1-3H3,(H2,19,21)(H,20,22). The summed E-state index contributed by atoms with van der Waals surface area (Å²) in [6.45, 7) is 5.62. The molecule has 0 aromatic heterocycles. The van der Waals surface area contributed by atoms with Crippen molar-refractivity contribution in [2.45, 2.75) is 26.9 Å². The Morgan fingerprint density at radius 1 is 1.09 bits per heavy atom. The molecule has 0 aliphatic carbocycles. The van der Waals surface area contributed by atoms with Crippen LogP contribution in [-0.4, -0.2) is 17.9 Å². The molecule has 1 unspecified atom stereocenters. The van der Waals surface area contributed by atoms with Gasteiger partial charge in [-0.1, -0.05) is 12.1 Å². The fourth-order valence-corrected chi connectivity index (χ4v) is 2.25. The number of ether oxygens (including phenoxy) is 1. The Morgan fingerprint density at radius 2 is 1.74 bits per heavy atom. The topological polar surface area (TPSA) is 81.4 Å². The van der Waals surface area contributed by atoms with E-state index in [1.54, 1.807) is 25.1 Å². The summed E-state index contributed by atoms with van der Waals surface area (Å²) in [4.78, 5) is 23.4. The van der Waals surface area contributed by atoms with Gasteiger partial charge in [0.25, 0.3) is 5.91 Å². The van der Waals surface area contributed by atoms with Crippen LogP contribution in [0.3, 0.4) is 0 Å². The lowest BCUT2D eigenvalue weighted by Gasteiger charge is -2.16. The average molecular weight is 312 g/mol. The number of primary amides is 1. The van der Waals surface area contributed by atoms with Crippen molar-refractivity contribution in [3.05, 3.63) is 59.2 Å². The number of hydrogen-bond acceptors (Lipinski definition) is 3. The SMILES string of the molecule is Cc1cc(C)cc(OC(C)C(=O)Nc2cccc(C(N)=O)c2)c1. The molecule has 3 N–H and O–H groups in total. The third-order valence-electron chi connectivity index (χ3n) is 3.29. The molecule has 0 spiro atoms. The number of amides is 2. The van der Waals surface area contributed by atoms with Gasteiger partial charge in [0, 0.05) is 11.3 Å². The molecule has 5 heteroatoms. The van der Waals surface area contributed by atoms with Gasteiger partial charge in [0.1, 0.15) is 5.75 Å². The van der Waals surface area contributed by atoms with Gasteiger partial charge in [-0.3, -0.25) is 9.59 Å². The molecule has 0 aliphatic rings. The van der Waals surface area contributed by atoms with Crippen molar-refractivity contribution >= 4 is 17.5 Å². The molecular weight excluding hydrogens is 292 g/mol. The van der Waals surface area contributed by atoms with Crippen LogP contribution in [0.15, 0.2) is 42.5 Å². The molecule has 2 aromatic carbocycles. The lowest BCUT2D eigenvalue weighted by Crippen LogP contribution is -2.30. The highest BCUT2D eigenvalue weighted by Gasteiger charge is 2.15. The van der Waals surface area contributed by atoms with Crippen LogP contribution in [-0.2, 0) is 4.79 Å². The first-order valence-corrected chi connectivity index (χ1v) is 7.31. The van der Waals surface area contributed by atoms with E-state index >= 15 is 0 Å². The van der Waals surface area contributed by atoms with Gasteiger partial charge in [-0.25, -0.2) is 0 Å². The Bertz CT molecular complexity index is 721. The monoisotopic (exact) mass is 312 g/mol.